The second-order valence-corrected chi connectivity index (χ2v) is 11.9. The molecular weight excluding hydrogens is 584 g/mol. The molecule has 12 heteroatoms. The summed E-state index contributed by atoms with van der Waals surface area (Å²) in [6.07, 6.45) is 3.61. The van der Waals surface area contributed by atoms with Gasteiger partial charge in [0, 0.05) is 30.6 Å². The largest absolute Gasteiger partial charge is 0.453 e. The smallest absolute Gasteiger partial charge is 0.407 e. The van der Waals surface area contributed by atoms with Crippen molar-refractivity contribution in [1.29, 1.82) is 0 Å². The molecular formula is C34H42N8O4. The van der Waals surface area contributed by atoms with Crippen molar-refractivity contribution in [3.05, 3.63) is 59.2 Å². The van der Waals surface area contributed by atoms with Gasteiger partial charge in [-0.05, 0) is 75.0 Å². The Hall–Kier alpha value is -4.89. The average Bonchev–Trinajstić information content (AvgIpc) is 3.80. The van der Waals surface area contributed by atoms with Gasteiger partial charge in [-0.2, -0.15) is 0 Å². The molecule has 2 atom stereocenters. The van der Waals surface area contributed by atoms with E-state index in [9.17, 15) is 14.4 Å². The van der Waals surface area contributed by atoms with Crippen molar-refractivity contribution < 1.29 is 19.1 Å². The second-order valence-electron chi connectivity index (χ2n) is 11.9. The number of imidazole rings is 2. The number of benzene rings is 2. The lowest BCUT2D eigenvalue weighted by Crippen LogP contribution is -2.46. The number of H-pyrrole nitrogens is 2. The first-order valence-corrected chi connectivity index (χ1v) is 15.8. The number of aromatic nitrogens is 4. The molecule has 0 saturated carbocycles. The Morgan fingerprint density at radius 2 is 1.70 bits per heavy atom. The van der Waals surface area contributed by atoms with Crippen LogP contribution in [0.4, 0.5) is 4.79 Å². The summed E-state index contributed by atoms with van der Waals surface area (Å²) in [7, 11) is 3.08. The quantitative estimate of drug-likeness (QED) is 0.126. The van der Waals surface area contributed by atoms with Crippen LogP contribution in [-0.4, -0.2) is 82.6 Å². The van der Waals surface area contributed by atoms with Gasteiger partial charge in [0.2, 0.25) is 11.8 Å². The summed E-state index contributed by atoms with van der Waals surface area (Å²) in [4.78, 5) is 54.4. The minimum Gasteiger partial charge on any atom is -0.453 e. The van der Waals surface area contributed by atoms with E-state index in [1.54, 1.807) is 4.90 Å². The lowest BCUT2D eigenvalue weighted by molar-refractivity contribution is -0.131. The third kappa shape index (κ3) is 7.84. The van der Waals surface area contributed by atoms with Gasteiger partial charge < -0.3 is 35.6 Å². The average molecular weight is 627 g/mol. The molecule has 1 saturated heterocycles. The number of carbonyl (C=O) groups excluding carboxylic acids is 3. The van der Waals surface area contributed by atoms with E-state index in [2.05, 4.69) is 42.5 Å². The number of unbranched alkanes of at least 4 members (excludes halogenated alkanes) is 1. The predicted molar refractivity (Wildman–Crippen MR) is 176 cm³/mol. The van der Waals surface area contributed by atoms with Crippen LogP contribution in [0.5, 0.6) is 0 Å². The fourth-order valence-electron chi connectivity index (χ4n) is 5.85. The number of likely N-dealkylation sites (tertiary alicyclic amines) is 1. The van der Waals surface area contributed by atoms with Crippen molar-refractivity contribution in [3.63, 3.8) is 0 Å². The number of rotatable bonds is 11. The number of aryl methyl sites for hydroxylation is 1. The summed E-state index contributed by atoms with van der Waals surface area (Å²) < 4.78 is 4.57. The summed E-state index contributed by atoms with van der Waals surface area (Å²) in [6.45, 7) is 5.19. The fourth-order valence-corrected chi connectivity index (χ4v) is 5.85. The number of hydrogen-bond donors (Lipinski definition) is 5. The summed E-state index contributed by atoms with van der Waals surface area (Å²) in [5.74, 6) is 8.26. The lowest BCUT2D eigenvalue weighted by Gasteiger charge is -2.23. The zero-order valence-corrected chi connectivity index (χ0v) is 26.8. The second kappa shape index (κ2) is 14.9. The van der Waals surface area contributed by atoms with Crippen molar-refractivity contribution in [2.24, 2.45) is 5.92 Å². The molecule has 242 valence electrons. The minimum atomic E-state index is -0.633. The van der Waals surface area contributed by atoms with E-state index in [1.807, 2.05) is 57.3 Å². The van der Waals surface area contributed by atoms with Crippen LogP contribution in [0.25, 0.3) is 22.1 Å². The van der Waals surface area contributed by atoms with Gasteiger partial charge in [-0.15, -0.1) is 0 Å². The van der Waals surface area contributed by atoms with E-state index in [0.29, 0.717) is 13.1 Å². The molecule has 46 heavy (non-hydrogen) atoms. The van der Waals surface area contributed by atoms with Gasteiger partial charge >= 0.3 is 6.09 Å². The number of hydrogen-bond acceptors (Lipinski definition) is 7. The van der Waals surface area contributed by atoms with Crippen LogP contribution in [0.1, 0.15) is 68.3 Å². The molecule has 0 spiro atoms. The molecule has 1 fully saturated rings. The topological polar surface area (TPSA) is 157 Å². The number of nitrogens with zero attached hydrogens (tertiary/aromatic N) is 3. The molecule has 0 aliphatic carbocycles. The number of likely N-dealkylation sites (N-methyl/N-ethyl adjacent to an activating group) is 1. The Morgan fingerprint density at radius 3 is 2.37 bits per heavy atom. The highest BCUT2D eigenvalue weighted by molar-refractivity contribution is 5.83. The number of methoxy groups -OCH3 is 1. The number of amides is 3. The fraction of sp³-hybridized carbons (Fsp3) is 0.441. The molecule has 3 heterocycles. The van der Waals surface area contributed by atoms with Gasteiger partial charge in [0.25, 0.3) is 0 Å². The molecule has 1 aliphatic rings. The van der Waals surface area contributed by atoms with Crippen molar-refractivity contribution in [2.75, 3.05) is 33.8 Å². The van der Waals surface area contributed by atoms with E-state index < -0.39 is 6.09 Å². The Kier molecular flexibility index (Phi) is 10.5. The van der Waals surface area contributed by atoms with E-state index in [0.717, 1.165) is 76.9 Å². The van der Waals surface area contributed by atoms with Crippen molar-refractivity contribution in [1.82, 2.24) is 40.8 Å². The van der Waals surface area contributed by atoms with Gasteiger partial charge in [-0.3, -0.25) is 9.59 Å². The zero-order valence-electron chi connectivity index (χ0n) is 26.8. The van der Waals surface area contributed by atoms with Crippen LogP contribution >= 0.6 is 0 Å². The van der Waals surface area contributed by atoms with Crippen LogP contribution in [0.3, 0.4) is 0 Å². The molecule has 4 aromatic rings. The van der Waals surface area contributed by atoms with Gasteiger partial charge in [-0.25, -0.2) is 14.8 Å². The Labute approximate surface area is 268 Å². The van der Waals surface area contributed by atoms with E-state index in [1.165, 1.54) is 7.11 Å². The monoisotopic (exact) mass is 626 g/mol. The molecule has 5 N–H and O–H groups in total. The van der Waals surface area contributed by atoms with Gasteiger partial charge in [0.05, 0.1) is 41.3 Å². The number of ether oxygens (including phenoxy) is 1. The van der Waals surface area contributed by atoms with Crippen molar-refractivity contribution >= 4 is 40.0 Å². The molecule has 5 rings (SSSR count). The molecule has 12 nitrogen and oxygen atoms in total. The van der Waals surface area contributed by atoms with E-state index >= 15 is 0 Å². The normalized spacial score (nSPS) is 15.2. The number of aromatic amines is 2. The van der Waals surface area contributed by atoms with Gasteiger partial charge in [-0.1, -0.05) is 25.7 Å². The number of nitrogens with one attached hydrogen (secondary N) is 5. The Morgan fingerprint density at radius 1 is 1.00 bits per heavy atom. The summed E-state index contributed by atoms with van der Waals surface area (Å²) in [5.41, 5.74) is 5.21. The van der Waals surface area contributed by atoms with Crippen LogP contribution in [-0.2, 0) is 20.7 Å². The molecule has 3 amide bonds. The van der Waals surface area contributed by atoms with Crippen LogP contribution in [0.15, 0.2) is 36.4 Å². The highest BCUT2D eigenvalue weighted by Gasteiger charge is 2.32. The first kappa shape index (κ1) is 32.5. The summed E-state index contributed by atoms with van der Waals surface area (Å²) in [6, 6.07) is 11.4. The number of alkyl carbamates (subject to hydrolysis) is 1. The van der Waals surface area contributed by atoms with Crippen LogP contribution < -0.4 is 16.0 Å². The van der Waals surface area contributed by atoms with Crippen LogP contribution in [0.2, 0.25) is 0 Å². The summed E-state index contributed by atoms with van der Waals surface area (Å²) >= 11 is 0. The van der Waals surface area contributed by atoms with Crippen molar-refractivity contribution in [2.45, 2.75) is 58.0 Å². The molecule has 0 bridgehead atoms. The highest BCUT2D eigenvalue weighted by Crippen LogP contribution is 2.31. The zero-order chi connectivity index (χ0) is 32.6. The van der Waals surface area contributed by atoms with E-state index in [-0.39, 0.29) is 36.4 Å². The summed E-state index contributed by atoms with van der Waals surface area (Å²) in [5, 5.41) is 8.55. The van der Waals surface area contributed by atoms with Crippen molar-refractivity contribution in [3.8, 4) is 11.8 Å². The predicted octanol–water partition coefficient (Wildman–Crippen LogP) is 3.54. The van der Waals surface area contributed by atoms with Gasteiger partial charge in [0.15, 0.2) is 0 Å². The number of fused-ring (bicyclic) bond motifs is 2. The van der Waals surface area contributed by atoms with Crippen LogP contribution in [0, 0.1) is 17.8 Å². The Balaban J connectivity index is 1.18. The third-order valence-corrected chi connectivity index (χ3v) is 8.24. The lowest BCUT2D eigenvalue weighted by atomic mass is 10.0. The molecule has 1 aliphatic heterocycles. The van der Waals surface area contributed by atoms with E-state index in [4.69, 9.17) is 9.97 Å². The highest BCUT2D eigenvalue weighted by atomic mass is 16.5. The molecule has 2 unspecified atom stereocenters. The molecule has 2 aromatic carbocycles. The third-order valence-electron chi connectivity index (χ3n) is 8.24. The Bertz CT molecular complexity index is 1760. The first-order valence-electron chi connectivity index (χ1n) is 15.8. The first-order chi connectivity index (χ1) is 22.2. The maximum absolute atomic E-state index is 12.7. The van der Waals surface area contributed by atoms with Gasteiger partial charge in [0.1, 0.15) is 18.2 Å². The maximum Gasteiger partial charge on any atom is 0.407 e. The molecule has 2 aromatic heterocycles. The molecule has 0 radical (unpaired) electrons. The number of carbonyl (C=O) groups is 3. The minimum absolute atomic E-state index is 0.0423. The standard InChI is InChI=1S/C34H42N8O4/c1-21(2)31(35-3)33(44)36-16-6-5-9-29-38-24-14-12-22(18-26(24)39-29)10-11-23-13-15-25-27(19-23)41-32(40-25)28-8-7-17-42(28)30(43)20-37-34(45)46-4/h12-15,18-19,21,28,31,35H,5-9,16-17,20H2,1-4H3,(H,36,44)(H,37,45)(H,38,39)(H,40,41). The SMILES string of the molecule is CNC(C(=O)NCCCCc1nc2ccc(C#Cc3ccc4nc(C5CCCN5C(=O)CNC(=O)OC)[nH]c4c3)cc2[nH]1)C(C)C. The maximum atomic E-state index is 12.7.